The first kappa shape index (κ1) is 7.82. The van der Waals surface area contributed by atoms with Crippen molar-refractivity contribution < 1.29 is 9.31 Å². The molecule has 0 bridgehead atoms. The van der Waals surface area contributed by atoms with Gasteiger partial charge in [0, 0.05) is 17.9 Å². The topological polar surface area (TPSA) is 47.1 Å². The van der Waals surface area contributed by atoms with Crippen LogP contribution in [0.4, 0.5) is 0 Å². The second kappa shape index (κ2) is 2.92. The Balaban J connectivity index is 2.09. The summed E-state index contributed by atoms with van der Waals surface area (Å²) in [5.74, 6) is 0. The minimum Gasteiger partial charge on any atom is -0.402 e. The summed E-state index contributed by atoms with van der Waals surface area (Å²) in [6.45, 7) is 4.01. The lowest BCUT2D eigenvalue weighted by atomic mass is 9.82. The molecule has 2 atom stereocenters. The van der Waals surface area contributed by atoms with Crippen LogP contribution in [0.5, 0.6) is 0 Å². The lowest BCUT2D eigenvalue weighted by Gasteiger charge is -2.04. The minimum atomic E-state index is -0.242. The Morgan fingerprint density at radius 3 is 2.58 bits per heavy atom. The van der Waals surface area contributed by atoms with Gasteiger partial charge in [0.25, 0.3) is 0 Å². The van der Waals surface area contributed by atoms with Crippen molar-refractivity contribution in [3.05, 3.63) is 12.4 Å². The largest absolute Gasteiger partial charge is 0.497 e. The Morgan fingerprint density at radius 1 is 1.42 bits per heavy atom. The van der Waals surface area contributed by atoms with Crippen LogP contribution in [0, 0.1) is 0 Å². The van der Waals surface area contributed by atoms with Crippen LogP contribution < -0.4 is 5.46 Å². The zero-order valence-corrected chi connectivity index (χ0v) is 7.15. The molecule has 5 heteroatoms. The molecule has 1 aliphatic rings. The molecule has 0 aromatic carbocycles. The third-order valence-corrected chi connectivity index (χ3v) is 2.13. The average molecular weight is 166 g/mol. The van der Waals surface area contributed by atoms with E-state index in [9.17, 15) is 0 Å². The van der Waals surface area contributed by atoms with Crippen molar-refractivity contribution >= 4 is 12.6 Å². The highest BCUT2D eigenvalue weighted by Gasteiger charge is 2.36. The first-order valence-electron chi connectivity index (χ1n) is 4.07. The number of nitrogens with one attached hydrogen (secondary N) is 1. The van der Waals surface area contributed by atoms with E-state index in [-0.39, 0.29) is 19.3 Å². The van der Waals surface area contributed by atoms with E-state index in [0.717, 1.165) is 5.46 Å². The molecule has 1 N–H and O–H groups in total. The Morgan fingerprint density at radius 2 is 2.08 bits per heavy atom. The SMILES string of the molecule is CC1OB(c2cn[nH]c2)OC1C. The standard InChI is InChI=1S/C7H11BN2O2/c1-5-6(2)12-8(11-5)7-3-9-10-4-7/h3-6H,1-2H3,(H,9,10). The maximum Gasteiger partial charge on any atom is 0.497 e. The molecule has 2 rings (SSSR count). The maximum absolute atomic E-state index is 5.54. The highest BCUT2D eigenvalue weighted by atomic mass is 16.7. The van der Waals surface area contributed by atoms with Crippen LogP contribution in [0.3, 0.4) is 0 Å². The zero-order valence-electron chi connectivity index (χ0n) is 7.15. The van der Waals surface area contributed by atoms with Gasteiger partial charge >= 0.3 is 7.12 Å². The second-order valence-electron chi connectivity index (χ2n) is 3.05. The molecule has 2 unspecified atom stereocenters. The van der Waals surface area contributed by atoms with Crippen molar-refractivity contribution in [2.75, 3.05) is 0 Å². The normalized spacial score (nSPS) is 29.7. The van der Waals surface area contributed by atoms with Gasteiger partial charge in [-0.2, -0.15) is 5.10 Å². The maximum atomic E-state index is 5.54. The van der Waals surface area contributed by atoms with E-state index >= 15 is 0 Å². The minimum absolute atomic E-state index is 0.157. The zero-order chi connectivity index (χ0) is 8.55. The third-order valence-electron chi connectivity index (χ3n) is 2.13. The fourth-order valence-electron chi connectivity index (χ4n) is 1.19. The molecule has 2 heterocycles. The highest BCUT2D eigenvalue weighted by Crippen LogP contribution is 2.14. The summed E-state index contributed by atoms with van der Waals surface area (Å²) in [6, 6.07) is 0. The van der Waals surface area contributed by atoms with Crippen molar-refractivity contribution in [1.29, 1.82) is 0 Å². The molecule has 1 aliphatic heterocycles. The van der Waals surface area contributed by atoms with E-state index in [1.54, 1.807) is 12.4 Å². The molecular formula is C7H11BN2O2. The van der Waals surface area contributed by atoms with E-state index in [1.807, 2.05) is 13.8 Å². The molecule has 0 amide bonds. The summed E-state index contributed by atoms with van der Waals surface area (Å²) < 4.78 is 11.1. The van der Waals surface area contributed by atoms with Crippen LogP contribution in [0.2, 0.25) is 0 Å². The summed E-state index contributed by atoms with van der Waals surface area (Å²) in [5.41, 5.74) is 0.950. The first-order valence-corrected chi connectivity index (χ1v) is 4.07. The van der Waals surface area contributed by atoms with Crippen molar-refractivity contribution in [3.63, 3.8) is 0 Å². The lowest BCUT2D eigenvalue weighted by molar-refractivity contribution is 0.187. The van der Waals surface area contributed by atoms with E-state index in [0.29, 0.717) is 0 Å². The molecule has 0 aliphatic carbocycles. The fourth-order valence-corrected chi connectivity index (χ4v) is 1.19. The molecule has 64 valence electrons. The molecule has 0 saturated carbocycles. The van der Waals surface area contributed by atoms with Crippen molar-refractivity contribution in [3.8, 4) is 0 Å². The number of nitrogens with zero attached hydrogens (tertiary/aromatic N) is 1. The van der Waals surface area contributed by atoms with Crippen LogP contribution in [-0.2, 0) is 9.31 Å². The van der Waals surface area contributed by atoms with E-state index in [4.69, 9.17) is 9.31 Å². The smallest absolute Gasteiger partial charge is 0.402 e. The molecule has 0 spiro atoms. The summed E-state index contributed by atoms with van der Waals surface area (Å²) in [5, 5.41) is 6.56. The number of aromatic nitrogens is 2. The third kappa shape index (κ3) is 1.25. The van der Waals surface area contributed by atoms with E-state index < -0.39 is 0 Å². The number of H-pyrrole nitrogens is 1. The van der Waals surface area contributed by atoms with Gasteiger partial charge in [-0.1, -0.05) is 0 Å². The van der Waals surface area contributed by atoms with Gasteiger partial charge < -0.3 is 9.31 Å². The van der Waals surface area contributed by atoms with Crippen LogP contribution >= 0.6 is 0 Å². The van der Waals surface area contributed by atoms with Crippen molar-refractivity contribution in [1.82, 2.24) is 10.2 Å². The van der Waals surface area contributed by atoms with Crippen LogP contribution in [0.15, 0.2) is 12.4 Å². The molecule has 1 saturated heterocycles. The summed E-state index contributed by atoms with van der Waals surface area (Å²) in [7, 11) is -0.242. The first-order chi connectivity index (χ1) is 5.77. The number of hydrogen-bond acceptors (Lipinski definition) is 3. The fraction of sp³-hybridized carbons (Fsp3) is 0.571. The average Bonchev–Trinajstić information content (AvgIpc) is 2.61. The summed E-state index contributed by atoms with van der Waals surface area (Å²) in [4.78, 5) is 0. The number of hydrogen-bond donors (Lipinski definition) is 1. The Hall–Kier alpha value is -0.805. The van der Waals surface area contributed by atoms with Gasteiger partial charge in [0.2, 0.25) is 0 Å². The number of aromatic amines is 1. The van der Waals surface area contributed by atoms with Crippen molar-refractivity contribution in [2.24, 2.45) is 0 Å². The van der Waals surface area contributed by atoms with Crippen LogP contribution in [0.1, 0.15) is 13.8 Å². The predicted molar refractivity (Wildman–Crippen MR) is 45.1 cm³/mol. The Labute approximate surface area is 71.4 Å². The molecule has 4 nitrogen and oxygen atoms in total. The molecule has 1 aromatic rings. The highest BCUT2D eigenvalue weighted by molar-refractivity contribution is 6.61. The molecule has 1 aromatic heterocycles. The summed E-state index contributed by atoms with van der Waals surface area (Å²) in [6.07, 6.45) is 3.82. The number of rotatable bonds is 1. The Kier molecular flexibility index (Phi) is 1.90. The van der Waals surface area contributed by atoms with Gasteiger partial charge in [-0.3, -0.25) is 5.10 Å². The van der Waals surface area contributed by atoms with Crippen molar-refractivity contribution in [2.45, 2.75) is 26.1 Å². The second-order valence-corrected chi connectivity index (χ2v) is 3.05. The van der Waals surface area contributed by atoms with Gasteiger partial charge in [-0.15, -0.1) is 0 Å². The van der Waals surface area contributed by atoms with E-state index in [1.165, 1.54) is 0 Å². The molecule has 12 heavy (non-hydrogen) atoms. The predicted octanol–water partition coefficient (Wildman–Crippen LogP) is -0.0713. The summed E-state index contributed by atoms with van der Waals surface area (Å²) >= 11 is 0. The van der Waals surface area contributed by atoms with Gasteiger partial charge in [-0.25, -0.2) is 0 Å². The van der Waals surface area contributed by atoms with Gasteiger partial charge in [0.05, 0.1) is 12.2 Å². The van der Waals surface area contributed by atoms with Gasteiger partial charge in [-0.05, 0) is 13.8 Å². The van der Waals surface area contributed by atoms with Crippen LogP contribution in [-0.4, -0.2) is 29.5 Å². The molecule has 0 radical (unpaired) electrons. The van der Waals surface area contributed by atoms with E-state index in [2.05, 4.69) is 10.2 Å². The Bertz CT molecular complexity index is 242. The molecule has 1 fully saturated rings. The van der Waals surface area contributed by atoms with Crippen LogP contribution in [0.25, 0.3) is 0 Å². The molecular weight excluding hydrogens is 155 g/mol. The quantitative estimate of drug-likeness (QED) is 0.594. The monoisotopic (exact) mass is 166 g/mol. The van der Waals surface area contributed by atoms with Gasteiger partial charge in [0.1, 0.15) is 0 Å². The van der Waals surface area contributed by atoms with Gasteiger partial charge in [0.15, 0.2) is 0 Å². The lowest BCUT2D eigenvalue weighted by Crippen LogP contribution is -2.31.